The third kappa shape index (κ3) is 6.67. The van der Waals surface area contributed by atoms with E-state index in [4.69, 9.17) is 21.7 Å². The zero-order chi connectivity index (χ0) is 19.6. The van der Waals surface area contributed by atoms with Crippen LogP contribution in [0.4, 0.5) is 17.1 Å². The van der Waals surface area contributed by atoms with Crippen molar-refractivity contribution in [2.75, 3.05) is 57.1 Å². The molecule has 1 saturated heterocycles. The fourth-order valence-electron chi connectivity index (χ4n) is 3.10. The number of nitrogens with one attached hydrogen (secondary N) is 4. The maximum Gasteiger partial charge on any atom is 0.170 e. The van der Waals surface area contributed by atoms with Crippen LogP contribution in [0.2, 0.25) is 0 Å². The third-order valence-corrected chi connectivity index (χ3v) is 4.96. The first-order valence-corrected chi connectivity index (χ1v) is 10.1. The van der Waals surface area contributed by atoms with Crippen molar-refractivity contribution < 1.29 is 14.4 Å². The lowest BCUT2D eigenvalue weighted by molar-refractivity contribution is -0.908. The van der Waals surface area contributed by atoms with Gasteiger partial charge in [-0.3, -0.25) is 0 Å². The molecule has 1 fully saturated rings. The van der Waals surface area contributed by atoms with E-state index in [1.807, 2.05) is 48.5 Å². The Labute approximate surface area is 172 Å². The molecule has 0 radical (unpaired) electrons. The van der Waals surface area contributed by atoms with Gasteiger partial charge < -0.3 is 30.3 Å². The van der Waals surface area contributed by atoms with Gasteiger partial charge in [-0.25, -0.2) is 0 Å². The highest BCUT2D eigenvalue weighted by Crippen LogP contribution is 2.21. The fraction of sp³-hybridized carbons (Fsp3) is 0.381. The summed E-state index contributed by atoms with van der Waals surface area (Å²) in [6.45, 7) is 6.02. The van der Waals surface area contributed by atoms with E-state index in [1.54, 1.807) is 12.0 Å². The molecule has 0 atom stereocenters. The number of thiocarbonyl (C=S) groups is 1. The Morgan fingerprint density at radius 1 is 1.00 bits per heavy atom. The first-order valence-electron chi connectivity index (χ1n) is 9.70. The van der Waals surface area contributed by atoms with Crippen LogP contribution in [0, 0.1) is 0 Å². The first-order chi connectivity index (χ1) is 13.7. The molecule has 0 aliphatic carbocycles. The third-order valence-electron chi connectivity index (χ3n) is 4.71. The van der Waals surface area contributed by atoms with E-state index in [9.17, 15) is 0 Å². The van der Waals surface area contributed by atoms with Gasteiger partial charge in [0.1, 0.15) is 18.8 Å². The van der Waals surface area contributed by atoms with Crippen LogP contribution < -0.4 is 25.6 Å². The van der Waals surface area contributed by atoms with Crippen molar-refractivity contribution in [2.45, 2.75) is 6.42 Å². The highest BCUT2D eigenvalue weighted by atomic mass is 32.1. The molecule has 7 heteroatoms. The van der Waals surface area contributed by atoms with Gasteiger partial charge in [-0.15, -0.1) is 0 Å². The zero-order valence-electron chi connectivity index (χ0n) is 16.3. The van der Waals surface area contributed by atoms with Gasteiger partial charge in [0.05, 0.1) is 26.9 Å². The summed E-state index contributed by atoms with van der Waals surface area (Å²) in [6, 6.07) is 15.9. The van der Waals surface area contributed by atoms with Crippen LogP contribution in [0.15, 0.2) is 48.5 Å². The van der Waals surface area contributed by atoms with E-state index in [2.05, 4.69) is 16.0 Å². The monoisotopic (exact) mass is 401 g/mol. The first kappa shape index (κ1) is 20.4. The Kier molecular flexibility index (Phi) is 7.90. The maximum absolute atomic E-state index is 5.39. The van der Waals surface area contributed by atoms with Crippen LogP contribution in [-0.4, -0.2) is 51.6 Å². The summed E-state index contributed by atoms with van der Waals surface area (Å²) >= 11 is 5.39. The number of methoxy groups -OCH3 is 1. The molecule has 0 amide bonds. The van der Waals surface area contributed by atoms with E-state index < -0.39 is 0 Å². The molecule has 1 heterocycles. The molecule has 28 heavy (non-hydrogen) atoms. The van der Waals surface area contributed by atoms with Gasteiger partial charge in [0.15, 0.2) is 5.11 Å². The van der Waals surface area contributed by atoms with Crippen LogP contribution in [0.3, 0.4) is 0 Å². The smallest absolute Gasteiger partial charge is 0.170 e. The van der Waals surface area contributed by atoms with Crippen molar-refractivity contribution in [1.82, 2.24) is 5.32 Å². The quantitative estimate of drug-likeness (QED) is 0.401. The summed E-state index contributed by atoms with van der Waals surface area (Å²) in [5.41, 5.74) is 3.00. The average molecular weight is 402 g/mol. The zero-order valence-corrected chi connectivity index (χ0v) is 17.1. The minimum atomic E-state index is 0.660. The molecular weight excluding hydrogens is 372 g/mol. The second kappa shape index (κ2) is 10.8. The molecule has 0 bridgehead atoms. The number of quaternary nitrogens is 1. The molecule has 4 N–H and O–H groups in total. The molecule has 150 valence electrons. The van der Waals surface area contributed by atoms with Gasteiger partial charge >= 0.3 is 0 Å². The topological polar surface area (TPSA) is 59.0 Å². The predicted molar refractivity (Wildman–Crippen MR) is 118 cm³/mol. The van der Waals surface area contributed by atoms with Crippen molar-refractivity contribution in [3.8, 4) is 5.75 Å². The number of hydrogen-bond acceptors (Lipinski definition) is 4. The normalized spacial score (nSPS) is 14.3. The summed E-state index contributed by atoms with van der Waals surface area (Å²) in [7, 11) is 1.67. The highest BCUT2D eigenvalue weighted by Gasteiger charge is 2.12. The van der Waals surface area contributed by atoms with E-state index in [0.717, 1.165) is 68.6 Å². The van der Waals surface area contributed by atoms with E-state index in [1.165, 1.54) is 0 Å². The van der Waals surface area contributed by atoms with Crippen molar-refractivity contribution in [2.24, 2.45) is 0 Å². The number of hydrogen-bond donors (Lipinski definition) is 4. The molecule has 0 aromatic heterocycles. The summed E-state index contributed by atoms with van der Waals surface area (Å²) in [5.74, 6) is 0.845. The Morgan fingerprint density at radius 2 is 1.61 bits per heavy atom. The summed E-state index contributed by atoms with van der Waals surface area (Å²) in [4.78, 5) is 1.62. The minimum Gasteiger partial charge on any atom is -0.497 e. The van der Waals surface area contributed by atoms with Crippen LogP contribution in [0.1, 0.15) is 6.42 Å². The van der Waals surface area contributed by atoms with Crippen LogP contribution >= 0.6 is 12.2 Å². The number of rotatable bonds is 8. The van der Waals surface area contributed by atoms with Crippen molar-refractivity contribution in [1.29, 1.82) is 0 Å². The molecule has 1 aliphatic heterocycles. The largest absolute Gasteiger partial charge is 0.497 e. The standard InChI is InChI=1S/C21H28N4O2S/c1-26-20-9-7-18(8-10-20)23-17-3-5-19(6-4-17)24-21(28)22-11-2-12-25-13-15-27-16-14-25/h3-10,23H,2,11-16H2,1H3,(H2,22,24,28)/p+1. The SMILES string of the molecule is COc1ccc(Nc2ccc(NC(=S)NCCC[NH+]3CCOCC3)cc2)cc1. The van der Waals surface area contributed by atoms with Crippen LogP contribution in [-0.2, 0) is 4.74 Å². The fourth-order valence-corrected chi connectivity index (χ4v) is 3.32. The second-order valence-corrected chi connectivity index (χ2v) is 7.19. The van der Waals surface area contributed by atoms with Crippen molar-refractivity contribution in [3.05, 3.63) is 48.5 Å². The van der Waals surface area contributed by atoms with Gasteiger partial charge in [0.2, 0.25) is 0 Å². The molecule has 2 aromatic rings. The Balaban J connectivity index is 1.37. The number of anilines is 3. The molecule has 0 saturated carbocycles. The number of morpholine rings is 1. The molecule has 2 aromatic carbocycles. The van der Waals surface area contributed by atoms with Gasteiger partial charge in [-0.05, 0) is 60.7 Å². The second-order valence-electron chi connectivity index (χ2n) is 6.78. The van der Waals surface area contributed by atoms with Crippen LogP contribution in [0.5, 0.6) is 5.75 Å². The Morgan fingerprint density at radius 3 is 2.25 bits per heavy atom. The Hall–Kier alpha value is -2.35. The molecule has 3 rings (SSSR count). The van der Waals surface area contributed by atoms with Crippen molar-refractivity contribution in [3.63, 3.8) is 0 Å². The van der Waals surface area contributed by atoms with E-state index in [0.29, 0.717) is 5.11 Å². The highest BCUT2D eigenvalue weighted by molar-refractivity contribution is 7.80. The van der Waals surface area contributed by atoms with Gasteiger partial charge in [0, 0.05) is 30.0 Å². The van der Waals surface area contributed by atoms with E-state index in [-0.39, 0.29) is 0 Å². The van der Waals surface area contributed by atoms with E-state index >= 15 is 0 Å². The van der Waals surface area contributed by atoms with Gasteiger partial charge in [-0.1, -0.05) is 0 Å². The molecule has 6 nitrogen and oxygen atoms in total. The summed E-state index contributed by atoms with van der Waals surface area (Å²) in [5, 5.41) is 10.5. The molecule has 0 unspecified atom stereocenters. The predicted octanol–water partition coefficient (Wildman–Crippen LogP) is 2.03. The Bertz CT molecular complexity index is 731. The van der Waals surface area contributed by atoms with Crippen LogP contribution in [0.25, 0.3) is 0 Å². The molecule has 1 aliphatic rings. The van der Waals surface area contributed by atoms with Gasteiger partial charge in [0.25, 0.3) is 0 Å². The minimum absolute atomic E-state index is 0.660. The number of ether oxygens (including phenoxy) is 2. The maximum atomic E-state index is 5.39. The lowest BCUT2D eigenvalue weighted by Crippen LogP contribution is -3.14. The van der Waals surface area contributed by atoms with Gasteiger partial charge in [-0.2, -0.15) is 0 Å². The summed E-state index contributed by atoms with van der Waals surface area (Å²) in [6.07, 6.45) is 1.10. The average Bonchev–Trinajstić information content (AvgIpc) is 2.74. The van der Waals surface area contributed by atoms with Crippen molar-refractivity contribution >= 4 is 34.4 Å². The number of benzene rings is 2. The summed E-state index contributed by atoms with van der Waals surface area (Å²) < 4.78 is 10.6. The lowest BCUT2D eigenvalue weighted by Gasteiger charge is -2.23. The molecule has 0 spiro atoms. The lowest BCUT2D eigenvalue weighted by atomic mass is 10.2. The molecular formula is C21H29N4O2S+.